The van der Waals surface area contributed by atoms with Crippen LogP contribution in [-0.2, 0) is 4.79 Å². The fourth-order valence-corrected chi connectivity index (χ4v) is 3.15. The molecule has 0 saturated heterocycles. The zero-order valence-corrected chi connectivity index (χ0v) is 14.0. The number of para-hydroxylation sites is 2. The number of hydrogen-bond acceptors (Lipinski definition) is 3. The van der Waals surface area contributed by atoms with Gasteiger partial charge in [0.25, 0.3) is 0 Å². The molecule has 3 rings (SSSR count). The summed E-state index contributed by atoms with van der Waals surface area (Å²) in [6.07, 6.45) is 5.62. The Morgan fingerprint density at radius 1 is 0.958 bits per heavy atom. The Hall–Kier alpha value is -2.49. The topological polar surface area (TPSA) is 50.4 Å². The number of ether oxygens (including phenoxy) is 1. The summed E-state index contributed by atoms with van der Waals surface area (Å²) in [6.45, 7) is 0. The van der Waals surface area contributed by atoms with Crippen molar-refractivity contribution in [3.8, 4) is 5.75 Å². The van der Waals surface area contributed by atoms with E-state index in [1.165, 1.54) is 19.3 Å². The van der Waals surface area contributed by atoms with E-state index < -0.39 is 0 Å². The fourth-order valence-electron chi connectivity index (χ4n) is 3.15. The molecule has 0 unspecified atom stereocenters. The van der Waals surface area contributed by atoms with E-state index in [-0.39, 0.29) is 11.8 Å². The molecule has 0 radical (unpaired) electrons. The summed E-state index contributed by atoms with van der Waals surface area (Å²) in [6, 6.07) is 15.6. The lowest BCUT2D eigenvalue weighted by Crippen LogP contribution is -2.24. The first kappa shape index (κ1) is 16.4. The third-order valence-electron chi connectivity index (χ3n) is 4.51. The van der Waals surface area contributed by atoms with E-state index in [1.807, 2.05) is 48.5 Å². The Balaban J connectivity index is 1.61. The van der Waals surface area contributed by atoms with E-state index in [9.17, 15) is 4.79 Å². The van der Waals surface area contributed by atoms with Crippen molar-refractivity contribution >= 4 is 23.0 Å². The average molecular weight is 324 g/mol. The quantitative estimate of drug-likeness (QED) is 0.817. The molecular formula is C20H24N2O2. The zero-order chi connectivity index (χ0) is 16.8. The lowest BCUT2D eigenvalue weighted by molar-refractivity contribution is -0.120. The van der Waals surface area contributed by atoms with Gasteiger partial charge in [-0.2, -0.15) is 0 Å². The first-order valence-electron chi connectivity index (χ1n) is 8.57. The third-order valence-corrected chi connectivity index (χ3v) is 4.51. The zero-order valence-electron chi connectivity index (χ0n) is 14.0. The number of amides is 1. The van der Waals surface area contributed by atoms with Gasteiger partial charge in [0.15, 0.2) is 0 Å². The maximum atomic E-state index is 12.3. The number of carbonyl (C=O) groups is 1. The summed E-state index contributed by atoms with van der Waals surface area (Å²) >= 11 is 0. The Morgan fingerprint density at radius 3 is 2.33 bits per heavy atom. The SMILES string of the molecule is COc1ccccc1Nc1ccc(NC(=O)C2CCCCC2)cc1. The van der Waals surface area contributed by atoms with Crippen LogP contribution < -0.4 is 15.4 Å². The molecule has 0 bridgehead atoms. The van der Waals surface area contributed by atoms with Crippen molar-refractivity contribution in [2.75, 3.05) is 17.7 Å². The summed E-state index contributed by atoms with van der Waals surface area (Å²) in [4.78, 5) is 12.3. The van der Waals surface area contributed by atoms with Crippen molar-refractivity contribution in [3.05, 3.63) is 48.5 Å². The van der Waals surface area contributed by atoms with Gasteiger partial charge in [-0.05, 0) is 49.2 Å². The van der Waals surface area contributed by atoms with Crippen LogP contribution in [0.2, 0.25) is 0 Å². The van der Waals surface area contributed by atoms with Crippen molar-refractivity contribution in [3.63, 3.8) is 0 Å². The Bertz CT molecular complexity index is 676. The summed E-state index contributed by atoms with van der Waals surface area (Å²) in [5.74, 6) is 1.12. The highest BCUT2D eigenvalue weighted by molar-refractivity contribution is 5.92. The Kier molecular flexibility index (Phi) is 5.36. The van der Waals surface area contributed by atoms with Crippen LogP contribution in [0.25, 0.3) is 0 Å². The van der Waals surface area contributed by atoms with Crippen LogP contribution in [0, 0.1) is 5.92 Å². The van der Waals surface area contributed by atoms with E-state index in [0.29, 0.717) is 0 Å². The molecule has 24 heavy (non-hydrogen) atoms. The standard InChI is InChI=1S/C20H24N2O2/c1-24-19-10-6-5-9-18(19)21-16-11-13-17(14-12-16)22-20(23)15-7-3-2-4-8-15/h5-6,9-15,21H,2-4,7-8H2,1H3,(H,22,23). The largest absolute Gasteiger partial charge is 0.495 e. The molecule has 0 aliphatic heterocycles. The molecule has 2 N–H and O–H groups in total. The number of benzene rings is 2. The van der Waals surface area contributed by atoms with Crippen molar-refractivity contribution in [1.29, 1.82) is 0 Å². The van der Waals surface area contributed by atoms with E-state index in [1.54, 1.807) is 7.11 Å². The Labute approximate surface area is 143 Å². The van der Waals surface area contributed by atoms with Gasteiger partial charge in [-0.3, -0.25) is 4.79 Å². The summed E-state index contributed by atoms with van der Waals surface area (Å²) in [7, 11) is 1.66. The maximum Gasteiger partial charge on any atom is 0.227 e. The minimum Gasteiger partial charge on any atom is -0.495 e. The first-order valence-corrected chi connectivity index (χ1v) is 8.57. The van der Waals surface area contributed by atoms with Gasteiger partial charge in [0, 0.05) is 17.3 Å². The molecule has 2 aromatic carbocycles. The van der Waals surface area contributed by atoms with Gasteiger partial charge in [-0.15, -0.1) is 0 Å². The van der Waals surface area contributed by atoms with Crippen LogP contribution in [0.4, 0.5) is 17.1 Å². The minimum atomic E-state index is 0.153. The first-order chi connectivity index (χ1) is 11.8. The number of anilines is 3. The number of nitrogens with one attached hydrogen (secondary N) is 2. The second-order valence-electron chi connectivity index (χ2n) is 6.23. The molecule has 0 spiro atoms. The lowest BCUT2D eigenvalue weighted by Gasteiger charge is -2.20. The molecular weight excluding hydrogens is 300 g/mol. The third kappa shape index (κ3) is 4.07. The molecule has 4 heteroatoms. The maximum absolute atomic E-state index is 12.3. The van der Waals surface area contributed by atoms with Gasteiger partial charge in [-0.25, -0.2) is 0 Å². The molecule has 0 aromatic heterocycles. The molecule has 126 valence electrons. The average Bonchev–Trinajstić information content (AvgIpc) is 2.64. The monoisotopic (exact) mass is 324 g/mol. The second-order valence-corrected chi connectivity index (χ2v) is 6.23. The van der Waals surface area contributed by atoms with Gasteiger partial charge in [0.2, 0.25) is 5.91 Å². The molecule has 1 aliphatic carbocycles. The lowest BCUT2D eigenvalue weighted by atomic mass is 9.88. The number of methoxy groups -OCH3 is 1. The Morgan fingerprint density at radius 2 is 1.62 bits per heavy atom. The molecule has 4 nitrogen and oxygen atoms in total. The van der Waals surface area contributed by atoms with Crippen LogP contribution >= 0.6 is 0 Å². The summed E-state index contributed by atoms with van der Waals surface area (Å²) in [5.41, 5.74) is 2.71. The number of rotatable bonds is 5. The van der Waals surface area contributed by atoms with Crippen molar-refractivity contribution < 1.29 is 9.53 Å². The predicted molar refractivity (Wildman–Crippen MR) is 97.9 cm³/mol. The van der Waals surface area contributed by atoms with Gasteiger partial charge >= 0.3 is 0 Å². The van der Waals surface area contributed by atoms with Crippen LogP contribution in [0.15, 0.2) is 48.5 Å². The van der Waals surface area contributed by atoms with Crippen molar-refractivity contribution in [2.24, 2.45) is 5.92 Å². The van der Waals surface area contributed by atoms with Gasteiger partial charge in [0.05, 0.1) is 12.8 Å². The van der Waals surface area contributed by atoms with E-state index in [0.717, 1.165) is 35.7 Å². The number of hydrogen-bond donors (Lipinski definition) is 2. The van der Waals surface area contributed by atoms with Crippen molar-refractivity contribution in [2.45, 2.75) is 32.1 Å². The van der Waals surface area contributed by atoms with Crippen LogP contribution in [-0.4, -0.2) is 13.0 Å². The smallest absolute Gasteiger partial charge is 0.227 e. The summed E-state index contributed by atoms with van der Waals surface area (Å²) < 4.78 is 5.34. The second kappa shape index (κ2) is 7.86. The van der Waals surface area contributed by atoms with Crippen LogP contribution in [0.1, 0.15) is 32.1 Å². The van der Waals surface area contributed by atoms with Crippen LogP contribution in [0.5, 0.6) is 5.75 Å². The highest BCUT2D eigenvalue weighted by atomic mass is 16.5. The van der Waals surface area contributed by atoms with E-state index in [2.05, 4.69) is 10.6 Å². The van der Waals surface area contributed by atoms with Crippen LogP contribution in [0.3, 0.4) is 0 Å². The normalized spacial score (nSPS) is 14.9. The fraction of sp³-hybridized carbons (Fsp3) is 0.350. The minimum absolute atomic E-state index is 0.153. The molecule has 1 aliphatic rings. The van der Waals surface area contributed by atoms with Gasteiger partial charge in [0.1, 0.15) is 5.75 Å². The summed E-state index contributed by atoms with van der Waals surface area (Å²) in [5, 5.41) is 6.36. The van der Waals surface area contributed by atoms with Gasteiger partial charge < -0.3 is 15.4 Å². The molecule has 1 fully saturated rings. The van der Waals surface area contributed by atoms with Gasteiger partial charge in [-0.1, -0.05) is 31.4 Å². The van der Waals surface area contributed by atoms with E-state index >= 15 is 0 Å². The highest BCUT2D eigenvalue weighted by Gasteiger charge is 2.20. The molecule has 0 atom stereocenters. The molecule has 1 saturated carbocycles. The molecule has 1 amide bonds. The molecule has 0 heterocycles. The highest BCUT2D eigenvalue weighted by Crippen LogP contribution is 2.28. The van der Waals surface area contributed by atoms with E-state index in [4.69, 9.17) is 4.74 Å². The predicted octanol–water partition coefficient (Wildman–Crippen LogP) is 4.96. The van der Waals surface area contributed by atoms with Crippen molar-refractivity contribution in [1.82, 2.24) is 0 Å². The number of carbonyl (C=O) groups excluding carboxylic acids is 1. The molecule has 2 aromatic rings.